The fourth-order valence-corrected chi connectivity index (χ4v) is 4.50. The Morgan fingerprint density at radius 2 is 2.17 bits per heavy atom. The van der Waals surface area contributed by atoms with E-state index >= 15 is 0 Å². The topological polar surface area (TPSA) is 42.4 Å². The Labute approximate surface area is 138 Å². The number of amides is 1. The van der Waals surface area contributed by atoms with Crippen LogP contribution in [0.25, 0.3) is 0 Å². The van der Waals surface area contributed by atoms with Crippen LogP contribution in [-0.4, -0.2) is 34.5 Å². The van der Waals surface area contributed by atoms with Gasteiger partial charge in [0.1, 0.15) is 0 Å². The number of ether oxygens (including phenoxy) is 1. The van der Waals surface area contributed by atoms with Crippen molar-refractivity contribution < 1.29 is 9.53 Å². The summed E-state index contributed by atoms with van der Waals surface area (Å²) in [7, 11) is 0. The molecule has 1 spiro atoms. The van der Waals surface area contributed by atoms with Crippen molar-refractivity contribution >= 4 is 5.91 Å². The number of hydrogen-bond donors (Lipinski definition) is 0. The van der Waals surface area contributed by atoms with Crippen molar-refractivity contribution in [2.45, 2.75) is 70.6 Å². The van der Waals surface area contributed by atoms with Gasteiger partial charge in [0.15, 0.2) is 0 Å². The summed E-state index contributed by atoms with van der Waals surface area (Å²) in [6.07, 6.45) is 7.43. The van der Waals surface area contributed by atoms with E-state index in [2.05, 4.69) is 35.9 Å². The van der Waals surface area contributed by atoms with E-state index in [9.17, 15) is 4.79 Å². The smallest absolute Gasteiger partial charge is 0.229 e. The molecule has 23 heavy (non-hydrogen) atoms. The Kier molecular flexibility index (Phi) is 3.67. The molecule has 2 saturated heterocycles. The SMILES string of the molecule is CC(C)c1ccc(COC2CC3(C2)CC2CCCN2C3=O)nc1. The zero-order valence-electron chi connectivity index (χ0n) is 14.1. The van der Waals surface area contributed by atoms with Crippen LogP contribution in [0.5, 0.6) is 0 Å². The molecule has 1 aromatic rings. The molecule has 1 unspecified atom stereocenters. The summed E-state index contributed by atoms with van der Waals surface area (Å²) in [6.45, 7) is 5.87. The molecular weight excluding hydrogens is 288 g/mol. The molecule has 1 aliphatic carbocycles. The third-order valence-electron chi connectivity index (χ3n) is 5.94. The maximum atomic E-state index is 12.6. The highest BCUT2D eigenvalue weighted by molar-refractivity contribution is 5.87. The quantitative estimate of drug-likeness (QED) is 0.856. The molecule has 124 valence electrons. The van der Waals surface area contributed by atoms with Gasteiger partial charge in [-0.1, -0.05) is 19.9 Å². The molecule has 0 radical (unpaired) electrons. The Morgan fingerprint density at radius 1 is 1.35 bits per heavy atom. The van der Waals surface area contributed by atoms with E-state index in [0.717, 1.165) is 31.5 Å². The van der Waals surface area contributed by atoms with Gasteiger partial charge in [-0.15, -0.1) is 0 Å². The second kappa shape index (κ2) is 5.59. The highest BCUT2D eigenvalue weighted by atomic mass is 16.5. The van der Waals surface area contributed by atoms with Crippen molar-refractivity contribution in [1.82, 2.24) is 9.88 Å². The molecule has 4 nitrogen and oxygen atoms in total. The van der Waals surface area contributed by atoms with Crippen molar-refractivity contribution in [3.8, 4) is 0 Å². The lowest BCUT2D eigenvalue weighted by molar-refractivity contribution is -0.152. The zero-order chi connectivity index (χ0) is 16.0. The number of pyridine rings is 1. The lowest BCUT2D eigenvalue weighted by Gasteiger charge is -2.43. The summed E-state index contributed by atoms with van der Waals surface area (Å²) in [5, 5.41) is 0. The minimum absolute atomic E-state index is 0.0787. The van der Waals surface area contributed by atoms with Crippen LogP contribution in [-0.2, 0) is 16.1 Å². The van der Waals surface area contributed by atoms with Gasteiger partial charge in [0.2, 0.25) is 5.91 Å². The second-order valence-electron chi connectivity index (χ2n) is 7.86. The molecule has 1 atom stereocenters. The number of nitrogens with zero attached hydrogens (tertiary/aromatic N) is 2. The van der Waals surface area contributed by atoms with Crippen LogP contribution in [0.1, 0.15) is 63.1 Å². The second-order valence-corrected chi connectivity index (χ2v) is 7.86. The van der Waals surface area contributed by atoms with E-state index in [0.29, 0.717) is 24.5 Å². The number of fused-ring (bicyclic) bond motifs is 1. The van der Waals surface area contributed by atoms with E-state index in [4.69, 9.17) is 4.74 Å². The summed E-state index contributed by atoms with van der Waals surface area (Å²) in [5.41, 5.74) is 2.16. The van der Waals surface area contributed by atoms with E-state index in [1.165, 1.54) is 18.4 Å². The highest BCUT2D eigenvalue weighted by Gasteiger charge is 2.59. The summed E-state index contributed by atoms with van der Waals surface area (Å²) < 4.78 is 5.99. The molecule has 0 N–H and O–H groups in total. The molecular formula is C19H26N2O2. The van der Waals surface area contributed by atoms with E-state index < -0.39 is 0 Å². The first-order valence-corrected chi connectivity index (χ1v) is 8.95. The molecule has 2 aliphatic heterocycles. The van der Waals surface area contributed by atoms with Crippen molar-refractivity contribution in [3.05, 3.63) is 29.6 Å². The average Bonchev–Trinajstić information content (AvgIpc) is 3.06. The molecule has 0 aromatic carbocycles. The normalized spacial score (nSPS) is 32.7. The van der Waals surface area contributed by atoms with Gasteiger partial charge in [0, 0.05) is 18.8 Å². The maximum absolute atomic E-state index is 12.6. The van der Waals surface area contributed by atoms with Crippen molar-refractivity contribution in [3.63, 3.8) is 0 Å². The average molecular weight is 314 g/mol. The fourth-order valence-electron chi connectivity index (χ4n) is 4.50. The van der Waals surface area contributed by atoms with E-state index in [1.54, 1.807) is 0 Å². The first-order valence-electron chi connectivity index (χ1n) is 8.95. The standard InChI is InChI=1S/C19H26N2O2/c1-13(2)14-5-6-15(20-11-14)12-23-17-9-19(10-17)8-16-4-3-7-21(16)18(19)22/h5-6,11,13,16-17H,3-4,7-10,12H2,1-2H3. The van der Waals surface area contributed by atoms with Crippen LogP contribution >= 0.6 is 0 Å². The highest BCUT2D eigenvalue weighted by Crippen LogP contribution is 2.54. The Balaban J connectivity index is 1.29. The van der Waals surface area contributed by atoms with Gasteiger partial charge in [-0.05, 0) is 49.7 Å². The number of carbonyl (C=O) groups excluding carboxylic acids is 1. The Hall–Kier alpha value is -1.42. The minimum atomic E-state index is -0.0787. The van der Waals surface area contributed by atoms with Gasteiger partial charge in [-0.3, -0.25) is 9.78 Å². The zero-order valence-corrected chi connectivity index (χ0v) is 14.1. The van der Waals surface area contributed by atoms with Crippen molar-refractivity contribution in [1.29, 1.82) is 0 Å². The van der Waals surface area contributed by atoms with E-state index in [1.807, 2.05) is 6.20 Å². The van der Waals surface area contributed by atoms with Gasteiger partial charge in [0.05, 0.1) is 23.8 Å². The molecule has 0 bridgehead atoms. The van der Waals surface area contributed by atoms with Gasteiger partial charge >= 0.3 is 0 Å². The molecule has 1 saturated carbocycles. The van der Waals surface area contributed by atoms with Crippen molar-refractivity contribution in [2.24, 2.45) is 5.41 Å². The van der Waals surface area contributed by atoms with Crippen LogP contribution in [0.15, 0.2) is 18.3 Å². The fraction of sp³-hybridized carbons (Fsp3) is 0.684. The summed E-state index contributed by atoms with van der Waals surface area (Å²) in [4.78, 5) is 19.2. The monoisotopic (exact) mass is 314 g/mol. The first-order chi connectivity index (χ1) is 11.1. The predicted molar refractivity (Wildman–Crippen MR) is 87.9 cm³/mol. The van der Waals surface area contributed by atoms with Gasteiger partial charge in [-0.25, -0.2) is 0 Å². The lowest BCUT2D eigenvalue weighted by Crippen LogP contribution is -2.47. The molecule has 3 heterocycles. The number of carbonyl (C=O) groups is 1. The molecule has 1 amide bonds. The third-order valence-corrected chi connectivity index (χ3v) is 5.94. The predicted octanol–water partition coefficient (Wildman–Crippen LogP) is 3.27. The van der Waals surface area contributed by atoms with Crippen LogP contribution in [0.2, 0.25) is 0 Å². The van der Waals surface area contributed by atoms with Crippen LogP contribution in [0.3, 0.4) is 0 Å². The molecule has 3 aliphatic rings. The summed E-state index contributed by atoms with van der Waals surface area (Å²) in [5.74, 6) is 0.908. The Morgan fingerprint density at radius 3 is 2.83 bits per heavy atom. The van der Waals surface area contributed by atoms with Gasteiger partial charge in [-0.2, -0.15) is 0 Å². The largest absolute Gasteiger partial charge is 0.372 e. The van der Waals surface area contributed by atoms with Crippen LogP contribution in [0.4, 0.5) is 0 Å². The van der Waals surface area contributed by atoms with E-state index in [-0.39, 0.29) is 11.5 Å². The molecule has 4 rings (SSSR count). The molecule has 3 fully saturated rings. The van der Waals surface area contributed by atoms with Gasteiger partial charge in [0.25, 0.3) is 0 Å². The van der Waals surface area contributed by atoms with Crippen molar-refractivity contribution in [2.75, 3.05) is 6.54 Å². The van der Waals surface area contributed by atoms with Crippen LogP contribution < -0.4 is 0 Å². The number of rotatable bonds is 4. The molecule has 1 aromatic heterocycles. The lowest BCUT2D eigenvalue weighted by atomic mass is 9.64. The minimum Gasteiger partial charge on any atom is -0.372 e. The summed E-state index contributed by atoms with van der Waals surface area (Å²) in [6, 6.07) is 4.71. The third kappa shape index (κ3) is 2.57. The Bertz CT molecular complexity index is 590. The first kappa shape index (κ1) is 15.1. The van der Waals surface area contributed by atoms with Gasteiger partial charge < -0.3 is 9.64 Å². The maximum Gasteiger partial charge on any atom is 0.229 e. The number of aromatic nitrogens is 1. The number of hydrogen-bond acceptors (Lipinski definition) is 3. The van der Waals surface area contributed by atoms with Crippen LogP contribution in [0, 0.1) is 5.41 Å². The molecule has 4 heteroatoms. The summed E-state index contributed by atoms with van der Waals surface area (Å²) >= 11 is 0.